The number of fused-ring (bicyclic) bond motifs is 2. The minimum absolute atomic E-state index is 0.182. The molecule has 3 aliphatic carbocycles. The van der Waals surface area contributed by atoms with Gasteiger partial charge in [-0.2, -0.15) is 0 Å². The summed E-state index contributed by atoms with van der Waals surface area (Å²) in [4.78, 5) is 12.0. The molecule has 3 unspecified atom stereocenters. The predicted molar refractivity (Wildman–Crippen MR) is 74.6 cm³/mol. The van der Waals surface area contributed by atoms with Gasteiger partial charge in [-0.25, -0.2) is 4.79 Å². The van der Waals surface area contributed by atoms with Crippen LogP contribution in [0.15, 0.2) is 54.1 Å². The van der Waals surface area contributed by atoms with E-state index in [-0.39, 0.29) is 11.9 Å². The maximum absolute atomic E-state index is 12.0. The van der Waals surface area contributed by atoms with Crippen molar-refractivity contribution in [3.8, 4) is 0 Å². The van der Waals surface area contributed by atoms with Crippen LogP contribution in [0.25, 0.3) is 0 Å². The highest BCUT2D eigenvalue weighted by atomic mass is 16.5. The van der Waals surface area contributed by atoms with E-state index in [0.29, 0.717) is 11.8 Å². The summed E-state index contributed by atoms with van der Waals surface area (Å²) in [6.45, 7) is 0. The first kappa shape index (κ1) is 12.2. The number of allylic oxidation sites excluding steroid dienone is 3. The Balaban J connectivity index is 2.03. The average Bonchev–Trinajstić information content (AvgIpc) is 2.77. The smallest absolute Gasteiger partial charge is 0.334 e. The van der Waals surface area contributed by atoms with Crippen molar-refractivity contribution in [3.63, 3.8) is 0 Å². The molecule has 0 radical (unpaired) electrons. The molecular formula is C17H18O2. The first-order chi connectivity index (χ1) is 9.29. The van der Waals surface area contributed by atoms with Crippen molar-refractivity contribution in [2.75, 3.05) is 7.11 Å². The molecule has 0 saturated heterocycles. The van der Waals surface area contributed by atoms with E-state index in [1.54, 1.807) is 0 Å². The molecule has 3 aliphatic rings. The molecule has 2 heteroatoms. The molecule has 0 spiro atoms. The fourth-order valence-corrected chi connectivity index (χ4v) is 3.20. The van der Waals surface area contributed by atoms with Crippen LogP contribution >= 0.6 is 0 Å². The zero-order chi connectivity index (χ0) is 13.2. The predicted octanol–water partition coefficient (Wildman–Crippen LogP) is 3.47. The van der Waals surface area contributed by atoms with Gasteiger partial charge in [0.15, 0.2) is 0 Å². The second-order valence-electron chi connectivity index (χ2n) is 5.28. The van der Waals surface area contributed by atoms with Gasteiger partial charge in [0.05, 0.1) is 7.11 Å². The second-order valence-corrected chi connectivity index (χ2v) is 5.28. The number of rotatable bonds is 2. The number of carbonyl (C=O) groups is 1. The number of hydrogen-bond acceptors (Lipinski definition) is 2. The third kappa shape index (κ3) is 2.23. The minimum atomic E-state index is -0.182. The molecule has 19 heavy (non-hydrogen) atoms. The van der Waals surface area contributed by atoms with Crippen LogP contribution in [-0.4, -0.2) is 13.1 Å². The van der Waals surface area contributed by atoms with E-state index in [1.807, 2.05) is 6.07 Å². The van der Waals surface area contributed by atoms with Crippen LogP contribution in [0, 0.1) is 11.8 Å². The van der Waals surface area contributed by atoms with Crippen molar-refractivity contribution in [2.24, 2.45) is 11.8 Å². The number of ether oxygens (including phenoxy) is 1. The molecule has 2 nitrogen and oxygen atoms in total. The average molecular weight is 254 g/mol. The number of carbonyl (C=O) groups excluding carboxylic acids is 1. The Morgan fingerprint density at radius 1 is 1.16 bits per heavy atom. The van der Waals surface area contributed by atoms with Crippen LogP contribution in [0.2, 0.25) is 0 Å². The maximum Gasteiger partial charge on any atom is 0.334 e. The largest absolute Gasteiger partial charge is 0.466 e. The van der Waals surface area contributed by atoms with Gasteiger partial charge in [-0.05, 0) is 24.3 Å². The number of methoxy groups -OCH3 is 1. The van der Waals surface area contributed by atoms with Gasteiger partial charge < -0.3 is 4.74 Å². The molecule has 0 heterocycles. The third-order valence-corrected chi connectivity index (χ3v) is 4.23. The van der Waals surface area contributed by atoms with Crippen molar-refractivity contribution < 1.29 is 9.53 Å². The summed E-state index contributed by atoms with van der Waals surface area (Å²) in [6, 6.07) is 10.4. The third-order valence-electron chi connectivity index (χ3n) is 4.23. The summed E-state index contributed by atoms with van der Waals surface area (Å²) in [5.41, 5.74) is 2.11. The van der Waals surface area contributed by atoms with Crippen molar-refractivity contribution in [1.29, 1.82) is 0 Å². The molecule has 2 bridgehead atoms. The molecule has 4 rings (SSSR count). The van der Waals surface area contributed by atoms with Crippen LogP contribution in [0.5, 0.6) is 0 Å². The van der Waals surface area contributed by atoms with Gasteiger partial charge in [-0.15, -0.1) is 0 Å². The highest BCUT2D eigenvalue weighted by Gasteiger charge is 2.32. The van der Waals surface area contributed by atoms with E-state index in [9.17, 15) is 4.79 Å². The van der Waals surface area contributed by atoms with Gasteiger partial charge in [0.25, 0.3) is 0 Å². The summed E-state index contributed by atoms with van der Waals surface area (Å²) in [5.74, 6) is 0.843. The molecule has 0 aromatic heterocycles. The Morgan fingerprint density at radius 3 is 2.58 bits per heavy atom. The highest BCUT2D eigenvalue weighted by molar-refractivity contribution is 5.89. The Bertz CT molecular complexity index is 527. The minimum Gasteiger partial charge on any atom is -0.466 e. The fourth-order valence-electron chi connectivity index (χ4n) is 3.20. The molecule has 0 amide bonds. The van der Waals surface area contributed by atoms with E-state index >= 15 is 0 Å². The zero-order valence-electron chi connectivity index (χ0n) is 11.1. The fraction of sp³-hybridized carbons (Fsp3) is 0.353. The Labute approximate surface area is 113 Å². The summed E-state index contributed by atoms with van der Waals surface area (Å²) in [7, 11) is 1.46. The van der Waals surface area contributed by atoms with E-state index in [4.69, 9.17) is 4.74 Å². The van der Waals surface area contributed by atoms with Gasteiger partial charge in [-0.1, -0.05) is 48.6 Å². The molecular weight excluding hydrogens is 236 g/mol. The summed E-state index contributed by atoms with van der Waals surface area (Å²) in [6.07, 6.45) is 8.77. The van der Waals surface area contributed by atoms with Crippen LogP contribution in [0.3, 0.4) is 0 Å². The molecule has 0 aliphatic heterocycles. The summed E-state index contributed by atoms with van der Waals surface area (Å²) in [5, 5.41) is 0. The zero-order valence-corrected chi connectivity index (χ0v) is 11.1. The van der Waals surface area contributed by atoms with Crippen molar-refractivity contribution in [3.05, 3.63) is 59.7 Å². The number of esters is 1. The van der Waals surface area contributed by atoms with E-state index in [0.717, 1.165) is 18.4 Å². The van der Waals surface area contributed by atoms with Crippen LogP contribution in [0.1, 0.15) is 24.3 Å². The van der Waals surface area contributed by atoms with E-state index < -0.39 is 0 Å². The molecule has 0 fully saturated rings. The molecule has 98 valence electrons. The summed E-state index contributed by atoms with van der Waals surface area (Å²) >= 11 is 0. The van der Waals surface area contributed by atoms with Gasteiger partial charge in [0.2, 0.25) is 0 Å². The van der Waals surface area contributed by atoms with Crippen molar-refractivity contribution in [1.82, 2.24) is 0 Å². The van der Waals surface area contributed by atoms with Gasteiger partial charge in [0, 0.05) is 17.4 Å². The lowest BCUT2D eigenvalue weighted by atomic mass is 9.81. The Hall–Kier alpha value is -1.83. The molecule has 3 atom stereocenters. The lowest BCUT2D eigenvalue weighted by Crippen LogP contribution is -2.14. The first-order valence-electron chi connectivity index (χ1n) is 6.83. The molecule has 1 aromatic carbocycles. The number of benzene rings is 1. The number of hydrogen-bond donors (Lipinski definition) is 0. The maximum atomic E-state index is 12.0. The summed E-state index contributed by atoms with van der Waals surface area (Å²) < 4.78 is 4.94. The Morgan fingerprint density at radius 2 is 1.95 bits per heavy atom. The van der Waals surface area contributed by atoms with Crippen LogP contribution in [0.4, 0.5) is 0 Å². The highest BCUT2D eigenvalue weighted by Crippen LogP contribution is 2.42. The van der Waals surface area contributed by atoms with E-state index in [2.05, 4.69) is 42.5 Å². The SMILES string of the molecule is COC(=O)C1=CC(c2ccccc2)C2C=CC1CC2. The Kier molecular flexibility index (Phi) is 3.24. The lowest BCUT2D eigenvalue weighted by molar-refractivity contribution is -0.136. The quantitative estimate of drug-likeness (QED) is 0.596. The molecule has 1 aromatic rings. The standard InChI is InChI=1S/C17H18O2/c1-19-17(18)16-11-15(12-5-3-2-4-6-12)13-7-9-14(16)10-8-13/h2-7,9,11,13-15H,8,10H2,1H3. The van der Waals surface area contributed by atoms with Gasteiger partial charge >= 0.3 is 5.97 Å². The van der Waals surface area contributed by atoms with Gasteiger partial charge in [0.1, 0.15) is 0 Å². The van der Waals surface area contributed by atoms with Crippen molar-refractivity contribution in [2.45, 2.75) is 18.8 Å². The second kappa shape index (κ2) is 5.04. The first-order valence-corrected chi connectivity index (χ1v) is 6.83. The molecule has 0 N–H and O–H groups in total. The van der Waals surface area contributed by atoms with E-state index in [1.165, 1.54) is 12.7 Å². The molecule has 0 saturated carbocycles. The van der Waals surface area contributed by atoms with Crippen molar-refractivity contribution >= 4 is 5.97 Å². The van der Waals surface area contributed by atoms with Gasteiger partial charge in [-0.3, -0.25) is 0 Å². The van der Waals surface area contributed by atoms with Crippen LogP contribution < -0.4 is 0 Å². The lowest BCUT2D eigenvalue weighted by Gasteiger charge is -2.23. The monoisotopic (exact) mass is 254 g/mol. The topological polar surface area (TPSA) is 26.3 Å². The normalized spacial score (nSPS) is 28.7. The van der Waals surface area contributed by atoms with Crippen LogP contribution in [-0.2, 0) is 9.53 Å².